The third-order valence-electron chi connectivity index (χ3n) is 4.05. The summed E-state index contributed by atoms with van der Waals surface area (Å²) in [7, 11) is 0. The molecule has 2 rings (SSSR count). The average molecular weight is 363 g/mol. The van der Waals surface area contributed by atoms with Crippen molar-refractivity contribution in [3.8, 4) is 0 Å². The van der Waals surface area contributed by atoms with Gasteiger partial charge in [0.1, 0.15) is 6.04 Å². The molecule has 24 heavy (non-hydrogen) atoms. The van der Waals surface area contributed by atoms with Crippen LogP contribution in [0.4, 0.5) is 18.9 Å². The van der Waals surface area contributed by atoms with Gasteiger partial charge in [-0.3, -0.25) is 9.59 Å². The van der Waals surface area contributed by atoms with Crippen LogP contribution >= 0.6 is 11.6 Å². The van der Waals surface area contributed by atoms with Gasteiger partial charge in [0.25, 0.3) is 0 Å². The van der Waals surface area contributed by atoms with Gasteiger partial charge in [-0.25, -0.2) is 0 Å². The van der Waals surface area contributed by atoms with E-state index in [2.05, 4.69) is 10.6 Å². The molecule has 1 aliphatic rings. The molecule has 1 aromatic carbocycles. The quantitative estimate of drug-likeness (QED) is 0.850. The van der Waals surface area contributed by atoms with Crippen LogP contribution in [0.3, 0.4) is 0 Å². The van der Waals surface area contributed by atoms with Crippen molar-refractivity contribution < 1.29 is 22.8 Å². The fraction of sp³-hybridized carbons (Fsp3) is 0.500. The Morgan fingerprint density at radius 2 is 1.88 bits per heavy atom. The first kappa shape index (κ1) is 18.6. The van der Waals surface area contributed by atoms with Crippen molar-refractivity contribution in [3.05, 3.63) is 28.8 Å². The number of hydrogen-bond donors (Lipinski definition) is 2. The van der Waals surface area contributed by atoms with Gasteiger partial charge < -0.3 is 10.6 Å². The molecule has 0 spiro atoms. The fourth-order valence-corrected chi connectivity index (χ4v) is 3.17. The summed E-state index contributed by atoms with van der Waals surface area (Å²) in [6.45, 7) is 1.30. The number of carbonyl (C=O) groups excluding carboxylic acids is 2. The molecule has 8 heteroatoms. The van der Waals surface area contributed by atoms with Gasteiger partial charge in [0, 0.05) is 12.6 Å². The third-order valence-corrected chi connectivity index (χ3v) is 4.38. The number of anilines is 1. The van der Waals surface area contributed by atoms with Crippen LogP contribution in [0.1, 0.15) is 38.2 Å². The van der Waals surface area contributed by atoms with Gasteiger partial charge in [-0.15, -0.1) is 0 Å². The summed E-state index contributed by atoms with van der Waals surface area (Å²) < 4.78 is 38.7. The summed E-state index contributed by atoms with van der Waals surface area (Å²) in [5.41, 5.74) is -1.02. The molecule has 1 saturated carbocycles. The highest BCUT2D eigenvalue weighted by molar-refractivity contribution is 6.31. The van der Waals surface area contributed by atoms with Gasteiger partial charge >= 0.3 is 6.18 Å². The second-order valence-corrected chi connectivity index (χ2v) is 6.31. The Morgan fingerprint density at radius 3 is 2.42 bits per heavy atom. The van der Waals surface area contributed by atoms with Gasteiger partial charge in [0.05, 0.1) is 10.6 Å². The fourth-order valence-electron chi connectivity index (χ4n) is 2.95. The first-order valence-electron chi connectivity index (χ1n) is 7.63. The monoisotopic (exact) mass is 362 g/mol. The van der Waals surface area contributed by atoms with Gasteiger partial charge in [-0.1, -0.05) is 24.4 Å². The van der Waals surface area contributed by atoms with Crippen LogP contribution in [0.5, 0.6) is 0 Å². The average Bonchev–Trinajstić information content (AvgIpc) is 2.99. The molecule has 132 valence electrons. The Balaban J connectivity index is 2.18. The van der Waals surface area contributed by atoms with Gasteiger partial charge in [-0.05, 0) is 37.0 Å². The smallest absolute Gasteiger partial charge is 0.344 e. The first-order valence-corrected chi connectivity index (χ1v) is 8.01. The van der Waals surface area contributed by atoms with Crippen LogP contribution in [0.25, 0.3) is 0 Å². The molecule has 0 unspecified atom stereocenters. The molecular formula is C16H18ClF3N2O2. The number of halogens is 4. The lowest BCUT2D eigenvalue weighted by atomic mass is 9.97. The molecule has 0 aliphatic heterocycles. The molecule has 1 atom stereocenters. The molecule has 1 aliphatic carbocycles. The number of rotatable bonds is 4. The van der Waals surface area contributed by atoms with E-state index in [1.54, 1.807) is 0 Å². The first-order chi connectivity index (χ1) is 11.2. The maximum absolute atomic E-state index is 12.9. The number of nitrogens with one attached hydrogen (secondary N) is 2. The van der Waals surface area contributed by atoms with Crippen molar-refractivity contribution >= 4 is 29.1 Å². The SMILES string of the molecule is CC(=O)N[C@H](C(=O)Nc1ccc(Cl)c(C(F)(F)F)c1)C1CCCC1. The van der Waals surface area contributed by atoms with Crippen molar-refractivity contribution in [1.29, 1.82) is 0 Å². The van der Waals surface area contributed by atoms with E-state index in [9.17, 15) is 22.8 Å². The molecule has 4 nitrogen and oxygen atoms in total. The van der Waals surface area contributed by atoms with E-state index in [0.29, 0.717) is 0 Å². The zero-order chi connectivity index (χ0) is 17.9. The van der Waals surface area contributed by atoms with E-state index in [1.807, 2.05) is 0 Å². The van der Waals surface area contributed by atoms with E-state index < -0.39 is 28.7 Å². The van der Waals surface area contributed by atoms with Crippen LogP contribution < -0.4 is 10.6 Å². The van der Waals surface area contributed by atoms with Crippen molar-refractivity contribution in [2.24, 2.45) is 5.92 Å². The predicted molar refractivity (Wildman–Crippen MR) is 84.6 cm³/mol. The predicted octanol–water partition coefficient (Wildman–Crippen LogP) is 3.99. The van der Waals surface area contributed by atoms with E-state index in [0.717, 1.165) is 37.8 Å². The van der Waals surface area contributed by atoms with Crippen LogP contribution in [0.15, 0.2) is 18.2 Å². The Morgan fingerprint density at radius 1 is 1.25 bits per heavy atom. The Bertz CT molecular complexity index is 628. The molecule has 1 fully saturated rings. The molecule has 2 amide bonds. The molecule has 1 aromatic rings. The largest absolute Gasteiger partial charge is 0.417 e. The molecule has 0 heterocycles. The highest BCUT2D eigenvalue weighted by Gasteiger charge is 2.34. The lowest BCUT2D eigenvalue weighted by Crippen LogP contribution is -2.47. The minimum absolute atomic E-state index is 0.00919. The molecule has 0 bridgehead atoms. The van der Waals surface area contributed by atoms with Crippen LogP contribution in [0, 0.1) is 5.92 Å². The zero-order valence-electron chi connectivity index (χ0n) is 13.0. The normalized spacial score (nSPS) is 16.7. The highest BCUT2D eigenvalue weighted by atomic mass is 35.5. The van der Waals surface area contributed by atoms with E-state index in [4.69, 9.17) is 11.6 Å². The second kappa shape index (κ2) is 7.42. The van der Waals surface area contributed by atoms with Crippen molar-refractivity contribution in [1.82, 2.24) is 5.32 Å². The summed E-state index contributed by atoms with van der Waals surface area (Å²) in [5, 5.41) is 4.62. The summed E-state index contributed by atoms with van der Waals surface area (Å²) in [6, 6.07) is 2.42. The van der Waals surface area contributed by atoms with Crippen LogP contribution in [-0.4, -0.2) is 17.9 Å². The molecule has 0 aromatic heterocycles. The van der Waals surface area contributed by atoms with Gasteiger partial charge in [0.15, 0.2) is 0 Å². The lowest BCUT2D eigenvalue weighted by Gasteiger charge is -2.23. The highest BCUT2D eigenvalue weighted by Crippen LogP contribution is 2.36. The standard InChI is InChI=1S/C16H18ClF3N2O2/c1-9(23)21-14(10-4-2-3-5-10)15(24)22-11-6-7-13(17)12(8-11)16(18,19)20/h6-8,10,14H,2-5H2,1H3,(H,21,23)(H,22,24)/t14-/m0/s1. The van der Waals surface area contributed by atoms with Crippen molar-refractivity contribution in [3.63, 3.8) is 0 Å². The van der Waals surface area contributed by atoms with Crippen molar-refractivity contribution in [2.45, 2.75) is 44.8 Å². The van der Waals surface area contributed by atoms with Crippen LogP contribution in [0.2, 0.25) is 5.02 Å². The van der Waals surface area contributed by atoms with Gasteiger partial charge in [0.2, 0.25) is 11.8 Å². The number of benzene rings is 1. The maximum Gasteiger partial charge on any atom is 0.417 e. The zero-order valence-corrected chi connectivity index (χ0v) is 13.8. The molecule has 0 radical (unpaired) electrons. The Labute approximate surface area is 142 Å². The Hall–Kier alpha value is -1.76. The van der Waals surface area contributed by atoms with Gasteiger partial charge in [-0.2, -0.15) is 13.2 Å². The summed E-state index contributed by atoms with van der Waals surface area (Å²) >= 11 is 5.56. The number of alkyl halides is 3. The Kier molecular flexibility index (Phi) is 5.74. The van der Waals surface area contributed by atoms with E-state index >= 15 is 0 Å². The van der Waals surface area contributed by atoms with Crippen molar-refractivity contribution in [2.75, 3.05) is 5.32 Å². The minimum Gasteiger partial charge on any atom is -0.344 e. The summed E-state index contributed by atoms with van der Waals surface area (Å²) in [4.78, 5) is 23.8. The molecule has 2 N–H and O–H groups in total. The van der Waals surface area contributed by atoms with Crippen LogP contribution in [-0.2, 0) is 15.8 Å². The lowest BCUT2D eigenvalue weighted by molar-refractivity contribution is -0.137. The topological polar surface area (TPSA) is 58.2 Å². The van der Waals surface area contributed by atoms with E-state index in [1.165, 1.54) is 13.0 Å². The maximum atomic E-state index is 12.9. The summed E-state index contributed by atoms with van der Waals surface area (Å²) in [5.74, 6) is -0.884. The minimum atomic E-state index is -4.61. The third kappa shape index (κ3) is 4.63. The number of amides is 2. The number of carbonyl (C=O) groups is 2. The second-order valence-electron chi connectivity index (χ2n) is 5.90. The molecule has 0 saturated heterocycles. The molecular weight excluding hydrogens is 345 g/mol. The van der Waals surface area contributed by atoms with E-state index in [-0.39, 0.29) is 17.5 Å². The number of hydrogen-bond acceptors (Lipinski definition) is 2. The summed E-state index contributed by atoms with van der Waals surface area (Å²) in [6.07, 6.45) is -1.08.